The number of nitrogens with one attached hydrogen (secondary N) is 1. The van der Waals surface area contributed by atoms with E-state index in [1.54, 1.807) is 0 Å². The van der Waals surface area contributed by atoms with E-state index in [-0.39, 0.29) is 6.17 Å². The van der Waals surface area contributed by atoms with Crippen molar-refractivity contribution in [2.45, 2.75) is 39.9 Å². The molecule has 3 N–H and O–H groups in total. The molecule has 0 aromatic heterocycles. The van der Waals surface area contributed by atoms with Gasteiger partial charge in [0.1, 0.15) is 0 Å². The summed E-state index contributed by atoms with van der Waals surface area (Å²) in [5, 5.41) is 3.21. The van der Waals surface area contributed by atoms with Crippen molar-refractivity contribution in [1.29, 1.82) is 0 Å². The van der Waals surface area contributed by atoms with Crippen LogP contribution in [0.1, 0.15) is 27.7 Å². The fourth-order valence-electron chi connectivity index (χ4n) is 1.31. The van der Waals surface area contributed by atoms with Crippen LogP contribution in [0.25, 0.3) is 0 Å². The zero-order valence-electron chi connectivity index (χ0n) is 9.67. The van der Waals surface area contributed by atoms with Gasteiger partial charge in [-0.25, -0.2) is 0 Å². The second-order valence-electron chi connectivity index (χ2n) is 4.09. The molecular weight excluding hydrogens is 162 g/mol. The number of hydrogen-bond acceptors (Lipinski definition) is 3. The standard InChI is InChI=1S/C10H25N3/c1-6-12-10(11)7-13(5)9(4)8(2)3/h8-10,12H,6-7,11H2,1-5H3. The Hall–Kier alpha value is -0.120. The van der Waals surface area contributed by atoms with Crippen LogP contribution in [0, 0.1) is 5.92 Å². The zero-order valence-corrected chi connectivity index (χ0v) is 9.67. The molecular formula is C10H25N3. The van der Waals surface area contributed by atoms with E-state index < -0.39 is 0 Å². The van der Waals surface area contributed by atoms with Crippen LogP contribution in [0.15, 0.2) is 0 Å². The van der Waals surface area contributed by atoms with Gasteiger partial charge in [0.2, 0.25) is 0 Å². The molecule has 0 aliphatic rings. The fraction of sp³-hybridized carbons (Fsp3) is 1.00. The van der Waals surface area contributed by atoms with Crippen LogP contribution < -0.4 is 11.1 Å². The Kier molecular flexibility index (Phi) is 6.29. The molecule has 0 saturated heterocycles. The van der Waals surface area contributed by atoms with Crippen LogP contribution in [0.4, 0.5) is 0 Å². The molecule has 0 radical (unpaired) electrons. The third kappa shape index (κ3) is 5.24. The molecule has 0 aliphatic heterocycles. The summed E-state index contributed by atoms with van der Waals surface area (Å²) in [4.78, 5) is 2.30. The molecule has 80 valence electrons. The lowest BCUT2D eigenvalue weighted by atomic mass is 10.1. The number of nitrogens with zero attached hydrogens (tertiary/aromatic N) is 1. The van der Waals surface area contributed by atoms with Gasteiger partial charge in [-0.1, -0.05) is 20.8 Å². The molecule has 13 heavy (non-hydrogen) atoms. The zero-order chi connectivity index (χ0) is 10.4. The van der Waals surface area contributed by atoms with Crippen molar-refractivity contribution < 1.29 is 0 Å². The number of likely N-dealkylation sites (N-methyl/N-ethyl adjacent to an activating group) is 2. The van der Waals surface area contributed by atoms with Crippen molar-refractivity contribution in [3.05, 3.63) is 0 Å². The lowest BCUT2D eigenvalue weighted by Crippen LogP contribution is -2.48. The van der Waals surface area contributed by atoms with Gasteiger partial charge in [0.25, 0.3) is 0 Å². The second-order valence-corrected chi connectivity index (χ2v) is 4.09. The van der Waals surface area contributed by atoms with Gasteiger partial charge in [-0.2, -0.15) is 0 Å². The smallest absolute Gasteiger partial charge is 0.0677 e. The Morgan fingerprint density at radius 2 is 1.85 bits per heavy atom. The predicted molar refractivity (Wildman–Crippen MR) is 58.6 cm³/mol. The Morgan fingerprint density at radius 1 is 1.31 bits per heavy atom. The van der Waals surface area contributed by atoms with Crippen LogP contribution in [-0.4, -0.2) is 37.2 Å². The van der Waals surface area contributed by atoms with Crippen molar-refractivity contribution in [3.8, 4) is 0 Å². The maximum atomic E-state index is 5.87. The minimum Gasteiger partial charge on any atom is -0.315 e. The molecule has 3 nitrogen and oxygen atoms in total. The highest BCUT2D eigenvalue weighted by atomic mass is 15.2. The van der Waals surface area contributed by atoms with Crippen LogP contribution >= 0.6 is 0 Å². The Bertz CT molecular complexity index is 125. The molecule has 0 heterocycles. The molecule has 0 saturated carbocycles. The summed E-state index contributed by atoms with van der Waals surface area (Å²) in [5.74, 6) is 0.679. The maximum absolute atomic E-state index is 5.87. The topological polar surface area (TPSA) is 41.3 Å². The van der Waals surface area contributed by atoms with Crippen molar-refractivity contribution in [1.82, 2.24) is 10.2 Å². The summed E-state index contributed by atoms with van der Waals surface area (Å²) < 4.78 is 0. The summed E-state index contributed by atoms with van der Waals surface area (Å²) in [7, 11) is 2.13. The van der Waals surface area contributed by atoms with Gasteiger partial charge in [-0.3, -0.25) is 0 Å². The first-order chi connectivity index (χ1) is 5.99. The van der Waals surface area contributed by atoms with E-state index >= 15 is 0 Å². The summed E-state index contributed by atoms with van der Waals surface area (Å²) in [6, 6.07) is 0.588. The molecule has 0 aromatic carbocycles. The quantitative estimate of drug-likeness (QED) is 0.606. The van der Waals surface area contributed by atoms with Crippen LogP contribution in [-0.2, 0) is 0 Å². The van der Waals surface area contributed by atoms with Gasteiger partial charge in [0.05, 0.1) is 6.17 Å². The number of rotatable bonds is 6. The van der Waals surface area contributed by atoms with E-state index in [0.29, 0.717) is 12.0 Å². The van der Waals surface area contributed by atoms with Gasteiger partial charge in [-0.15, -0.1) is 0 Å². The normalized spacial score (nSPS) is 16.6. The Labute approximate surface area is 82.7 Å². The van der Waals surface area contributed by atoms with E-state index in [1.807, 2.05) is 0 Å². The summed E-state index contributed by atoms with van der Waals surface area (Å²) in [5.41, 5.74) is 5.87. The van der Waals surface area contributed by atoms with Crippen molar-refractivity contribution >= 4 is 0 Å². The molecule has 0 fully saturated rings. The lowest BCUT2D eigenvalue weighted by Gasteiger charge is -2.30. The predicted octanol–water partition coefficient (Wildman–Crippen LogP) is 0.857. The monoisotopic (exact) mass is 187 g/mol. The number of nitrogens with two attached hydrogens (primary N) is 1. The highest BCUT2D eigenvalue weighted by molar-refractivity contribution is 4.70. The SMILES string of the molecule is CCNC(N)CN(C)C(C)C(C)C. The minimum atomic E-state index is 0.0937. The first-order valence-electron chi connectivity index (χ1n) is 5.18. The minimum absolute atomic E-state index is 0.0937. The molecule has 0 spiro atoms. The first-order valence-corrected chi connectivity index (χ1v) is 5.18. The van der Waals surface area contributed by atoms with E-state index in [1.165, 1.54) is 0 Å². The van der Waals surface area contributed by atoms with Crippen molar-refractivity contribution in [3.63, 3.8) is 0 Å². The highest BCUT2D eigenvalue weighted by Gasteiger charge is 2.14. The summed E-state index contributed by atoms with van der Waals surface area (Å²) in [6.45, 7) is 10.6. The summed E-state index contributed by atoms with van der Waals surface area (Å²) >= 11 is 0. The van der Waals surface area contributed by atoms with Gasteiger partial charge in [0.15, 0.2) is 0 Å². The van der Waals surface area contributed by atoms with Crippen molar-refractivity contribution in [2.75, 3.05) is 20.1 Å². The average Bonchev–Trinajstić information content (AvgIpc) is 2.03. The van der Waals surface area contributed by atoms with Crippen molar-refractivity contribution in [2.24, 2.45) is 11.7 Å². The lowest BCUT2D eigenvalue weighted by molar-refractivity contribution is 0.189. The molecule has 0 aliphatic carbocycles. The largest absolute Gasteiger partial charge is 0.315 e. The third-order valence-corrected chi connectivity index (χ3v) is 2.61. The second kappa shape index (κ2) is 6.35. The third-order valence-electron chi connectivity index (χ3n) is 2.61. The summed E-state index contributed by atoms with van der Waals surface area (Å²) in [6.07, 6.45) is 0.0937. The number of hydrogen-bond donors (Lipinski definition) is 2. The van der Waals surface area contributed by atoms with E-state index in [9.17, 15) is 0 Å². The Morgan fingerprint density at radius 3 is 2.23 bits per heavy atom. The fourth-order valence-corrected chi connectivity index (χ4v) is 1.31. The molecule has 2 unspecified atom stereocenters. The van der Waals surface area contributed by atoms with Crippen LogP contribution in [0.5, 0.6) is 0 Å². The van der Waals surface area contributed by atoms with E-state index in [2.05, 4.69) is 45.0 Å². The average molecular weight is 187 g/mol. The molecule has 3 heteroatoms. The molecule has 0 amide bonds. The highest BCUT2D eigenvalue weighted by Crippen LogP contribution is 2.07. The molecule has 0 aromatic rings. The molecule has 0 rings (SSSR count). The first kappa shape index (κ1) is 12.9. The van der Waals surface area contributed by atoms with Gasteiger partial charge < -0.3 is 16.0 Å². The van der Waals surface area contributed by atoms with Gasteiger partial charge in [-0.05, 0) is 26.4 Å². The molecule has 0 bridgehead atoms. The maximum Gasteiger partial charge on any atom is 0.0677 e. The molecule has 2 atom stereocenters. The van der Waals surface area contributed by atoms with Crippen LogP contribution in [0.3, 0.4) is 0 Å². The Balaban J connectivity index is 3.77. The van der Waals surface area contributed by atoms with Gasteiger partial charge >= 0.3 is 0 Å². The van der Waals surface area contributed by atoms with E-state index in [4.69, 9.17) is 5.73 Å². The van der Waals surface area contributed by atoms with E-state index in [0.717, 1.165) is 13.1 Å². The van der Waals surface area contributed by atoms with Crippen LogP contribution in [0.2, 0.25) is 0 Å². The van der Waals surface area contributed by atoms with Gasteiger partial charge in [0, 0.05) is 12.6 Å².